The lowest BCUT2D eigenvalue weighted by molar-refractivity contribution is -0.140. The van der Waals surface area contributed by atoms with E-state index < -0.39 is 16.1 Å². The Balaban J connectivity index is 2.20. The zero-order chi connectivity index (χ0) is 27.0. The van der Waals surface area contributed by atoms with Crippen molar-refractivity contribution in [1.82, 2.24) is 10.2 Å². The van der Waals surface area contributed by atoms with E-state index >= 15 is 0 Å². The number of sulfonamides is 1. The molecule has 36 heavy (non-hydrogen) atoms. The van der Waals surface area contributed by atoms with E-state index in [0.717, 1.165) is 12.7 Å². The number of nitrogens with zero attached hydrogens (tertiary/aromatic N) is 2. The van der Waals surface area contributed by atoms with Crippen LogP contribution in [0.2, 0.25) is 15.1 Å². The van der Waals surface area contributed by atoms with Gasteiger partial charge in [0, 0.05) is 40.6 Å². The molecule has 0 spiro atoms. The highest BCUT2D eigenvalue weighted by atomic mass is 35.5. The summed E-state index contributed by atoms with van der Waals surface area (Å²) in [4.78, 5) is 27.6. The van der Waals surface area contributed by atoms with Crippen molar-refractivity contribution in [1.29, 1.82) is 0 Å². The first-order chi connectivity index (χ1) is 16.8. The van der Waals surface area contributed by atoms with Crippen LogP contribution in [0.5, 0.6) is 0 Å². The van der Waals surface area contributed by atoms with Crippen molar-refractivity contribution in [2.45, 2.75) is 58.7 Å². The van der Waals surface area contributed by atoms with Gasteiger partial charge in [0.05, 0.1) is 11.9 Å². The second-order valence-corrected chi connectivity index (χ2v) is 11.9. The van der Waals surface area contributed by atoms with E-state index in [0.29, 0.717) is 26.3 Å². The maximum Gasteiger partial charge on any atom is 0.242 e. The fraction of sp³-hybridized carbons (Fsp3) is 0.440. The van der Waals surface area contributed by atoms with Gasteiger partial charge in [0.1, 0.15) is 6.04 Å². The van der Waals surface area contributed by atoms with Crippen LogP contribution in [0.1, 0.15) is 45.6 Å². The lowest BCUT2D eigenvalue weighted by Gasteiger charge is -2.30. The predicted octanol–water partition coefficient (Wildman–Crippen LogP) is 5.53. The zero-order valence-electron chi connectivity index (χ0n) is 20.8. The number of amides is 2. The van der Waals surface area contributed by atoms with Crippen molar-refractivity contribution in [3.63, 3.8) is 0 Å². The van der Waals surface area contributed by atoms with Gasteiger partial charge >= 0.3 is 0 Å². The molecule has 0 unspecified atom stereocenters. The predicted molar refractivity (Wildman–Crippen MR) is 147 cm³/mol. The second kappa shape index (κ2) is 13.5. The van der Waals surface area contributed by atoms with Crippen LogP contribution in [0.3, 0.4) is 0 Å². The summed E-state index contributed by atoms with van der Waals surface area (Å²) >= 11 is 18.3. The van der Waals surface area contributed by atoms with E-state index in [-0.39, 0.29) is 43.8 Å². The van der Waals surface area contributed by atoms with Gasteiger partial charge in [-0.15, -0.1) is 0 Å². The summed E-state index contributed by atoms with van der Waals surface area (Å²) in [6, 6.07) is 10.6. The highest BCUT2D eigenvalue weighted by Gasteiger charge is 2.27. The summed E-state index contributed by atoms with van der Waals surface area (Å²) in [5.41, 5.74) is 1.11. The lowest BCUT2D eigenvalue weighted by Crippen LogP contribution is -2.49. The van der Waals surface area contributed by atoms with Crippen LogP contribution in [-0.4, -0.2) is 50.0 Å². The summed E-state index contributed by atoms with van der Waals surface area (Å²) < 4.78 is 26.0. The Hall–Kier alpha value is -2.00. The third kappa shape index (κ3) is 8.83. The lowest BCUT2D eigenvalue weighted by atomic mass is 10.1. The maximum absolute atomic E-state index is 13.3. The van der Waals surface area contributed by atoms with Crippen LogP contribution in [-0.2, 0) is 26.2 Å². The minimum absolute atomic E-state index is 0.0335. The van der Waals surface area contributed by atoms with Gasteiger partial charge in [-0.3, -0.25) is 13.9 Å². The molecule has 2 amide bonds. The average Bonchev–Trinajstić information content (AvgIpc) is 2.80. The monoisotopic (exact) mass is 575 g/mol. The van der Waals surface area contributed by atoms with E-state index in [1.54, 1.807) is 49.4 Å². The minimum Gasteiger partial charge on any atom is -0.352 e. The van der Waals surface area contributed by atoms with Crippen LogP contribution in [0.4, 0.5) is 5.69 Å². The number of halogens is 3. The molecule has 0 aliphatic heterocycles. The van der Waals surface area contributed by atoms with Crippen molar-refractivity contribution in [2.24, 2.45) is 0 Å². The molecule has 2 rings (SSSR count). The van der Waals surface area contributed by atoms with Crippen LogP contribution in [0.15, 0.2) is 42.5 Å². The van der Waals surface area contributed by atoms with Gasteiger partial charge in [0.25, 0.3) is 0 Å². The van der Waals surface area contributed by atoms with Crippen molar-refractivity contribution < 1.29 is 18.0 Å². The van der Waals surface area contributed by atoms with E-state index in [2.05, 4.69) is 5.32 Å². The molecule has 11 heteroatoms. The third-order valence-corrected chi connectivity index (χ3v) is 7.82. The van der Waals surface area contributed by atoms with Gasteiger partial charge in [-0.2, -0.15) is 0 Å². The number of anilines is 1. The normalized spacial score (nSPS) is 13.1. The highest BCUT2D eigenvalue weighted by Crippen LogP contribution is 2.24. The molecule has 0 fully saturated rings. The van der Waals surface area contributed by atoms with E-state index in [4.69, 9.17) is 34.8 Å². The van der Waals surface area contributed by atoms with Gasteiger partial charge in [-0.1, -0.05) is 47.8 Å². The number of carbonyl (C=O) groups excluding carboxylic acids is 2. The topological polar surface area (TPSA) is 86.8 Å². The maximum atomic E-state index is 13.3. The molecule has 2 aromatic rings. The first-order valence-electron chi connectivity index (χ1n) is 11.6. The molecule has 2 atom stereocenters. The fourth-order valence-corrected chi connectivity index (χ4v) is 5.05. The number of hydrogen-bond donors (Lipinski definition) is 1. The molecular formula is C25H32Cl3N3O4S. The van der Waals surface area contributed by atoms with Crippen molar-refractivity contribution in [2.75, 3.05) is 17.1 Å². The molecule has 0 bridgehead atoms. The van der Waals surface area contributed by atoms with E-state index in [1.165, 1.54) is 9.21 Å². The quantitative estimate of drug-likeness (QED) is 0.360. The van der Waals surface area contributed by atoms with E-state index in [1.807, 2.05) is 13.8 Å². The third-order valence-electron chi connectivity index (χ3n) is 5.79. The summed E-state index contributed by atoms with van der Waals surface area (Å²) in [5, 5.41) is 4.25. The largest absolute Gasteiger partial charge is 0.352 e. The number of benzene rings is 2. The molecule has 0 aliphatic rings. The van der Waals surface area contributed by atoms with Gasteiger partial charge in [0.15, 0.2) is 0 Å². The molecule has 7 nitrogen and oxygen atoms in total. The van der Waals surface area contributed by atoms with Gasteiger partial charge in [-0.25, -0.2) is 8.42 Å². The standard InChI is InChI=1S/C25H32Cl3N3O4S/c1-5-17(2)29-25(33)18(3)30(16-19-8-9-21(27)15-23(19)28)24(32)7-6-14-31(36(4,34)35)22-12-10-20(26)11-13-22/h8-13,15,17-18H,5-7,14,16H2,1-4H3,(H,29,33)/t17-,18+/m1/s1. The van der Waals surface area contributed by atoms with Gasteiger partial charge in [0.2, 0.25) is 21.8 Å². The molecule has 0 saturated heterocycles. The zero-order valence-corrected chi connectivity index (χ0v) is 23.9. The Labute approximate surface area is 228 Å². The van der Waals surface area contributed by atoms with Crippen molar-refractivity contribution >= 4 is 62.3 Å². The molecule has 0 aliphatic carbocycles. The first kappa shape index (κ1) is 30.2. The molecule has 198 valence electrons. The molecule has 1 N–H and O–H groups in total. The first-order valence-corrected chi connectivity index (χ1v) is 14.6. The van der Waals surface area contributed by atoms with E-state index in [9.17, 15) is 18.0 Å². The highest BCUT2D eigenvalue weighted by molar-refractivity contribution is 7.92. The Morgan fingerprint density at radius 2 is 1.61 bits per heavy atom. The van der Waals surface area contributed by atoms with Gasteiger partial charge < -0.3 is 10.2 Å². The Morgan fingerprint density at radius 1 is 1.00 bits per heavy atom. The number of rotatable bonds is 12. The van der Waals surface area contributed by atoms with Crippen LogP contribution >= 0.6 is 34.8 Å². The van der Waals surface area contributed by atoms with Gasteiger partial charge in [-0.05, 0) is 68.7 Å². The SMILES string of the molecule is CC[C@@H](C)NC(=O)[C@H](C)N(Cc1ccc(Cl)cc1Cl)C(=O)CCCN(c1ccc(Cl)cc1)S(C)(=O)=O. The molecule has 0 aromatic heterocycles. The summed E-state index contributed by atoms with van der Waals surface area (Å²) in [6.45, 7) is 5.71. The minimum atomic E-state index is -3.58. The smallest absolute Gasteiger partial charge is 0.242 e. The summed E-state index contributed by atoms with van der Waals surface area (Å²) in [6.07, 6.45) is 2.14. The Morgan fingerprint density at radius 3 is 2.17 bits per heavy atom. The Bertz CT molecular complexity index is 1160. The molecule has 0 heterocycles. The van der Waals surface area contributed by atoms with Crippen LogP contribution in [0.25, 0.3) is 0 Å². The molecular weight excluding hydrogens is 545 g/mol. The van der Waals surface area contributed by atoms with Crippen LogP contribution in [0, 0.1) is 0 Å². The fourth-order valence-electron chi connectivity index (χ4n) is 3.49. The summed E-state index contributed by atoms with van der Waals surface area (Å²) in [5.74, 6) is -0.570. The second-order valence-electron chi connectivity index (χ2n) is 8.67. The number of carbonyl (C=O) groups is 2. The molecule has 0 radical (unpaired) electrons. The number of nitrogens with one attached hydrogen (secondary N) is 1. The molecule has 2 aromatic carbocycles. The number of hydrogen-bond acceptors (Lipinski definition) is 4. The molecule has 0 saturated carbocycles. The van der Waals surface area contributed by atoms with Crippen molar-refractivity contribution in [3.8, 4) is 0 Å². The Kier molecular flexibility index (Phi) is 11.3. The summed E-state index contributed by atoms with van der Waals surface area (Å²) in [7, 11) is -3.58. The average molecular weight is 577 g/mol. The van der Waals surface area contributed by atoms with Crippen LogP contribution < -0.4 is 9.62 Å². The van der Waals surface area contributed by atoms with Crippen molar-refractivity contribution in [3.05, 3.63) is 63.1 Å².